The van der Waals surface area contributed by atoms with Crippen molar-refractivity contribution in [3.63, 3.8) is 0 Å². The van der Waals surface area contributed by atoms with Crippen LogP contribution >= 0.6 is 11.3 Å². The van der Waals surface area contributed by atoms with E-state index in [1.165, 1.54) is 17.8 Å². The number of hydrogen-bond acceptors (Lipinski definition) is 7. The van der Waals surface area contributed by atoms with E-state index >= 15 is 0 Å². The molecule has 1 aliphatic heterocycles. The van der Waals surface area contributed by atoms with Gasteiger partial charge in [-0.05, 0) is 45.6 Å². The van der Waals surface area contributed by atoms with E-state index in [0.29, 0.717) is 17.5 Å². The summed E-state index contributed by atoms with van der Waals surface area (Å²) >= 11 is 1.33. The van der Waals surface area contributed by atoms with Crippen molar-refractivity contribution >= 4 is 39.2 Å². The van der Waals surface area contributed by atoms with Crippen molar-refractivity contribution in [2.24, 2.45) is 0 Å². The summed E-state index contributed by atoms with van der Waals surface area (Å²) in [5, 5.41) is 3.57. The molecule has 0 aromatic carbocycles. The van der Waals surface area contributed by atoms with E-state index in [0.717, 1.165) is 41.0 Å². The Morgan fingerprint density at radius 2 is 2.19 bits per heavy atom. The van der Waals surface area contributed by atoms with Gasteiger partial charge in [-0.25, -0.2) is 9.97 Å². The standard InChI is InChI=1S/C18H24N4O3S/c1-4-25-13(23)9-19-17(24)15-12(3)14-16(20-10-21-18(14)26-15)22-8-6-5-7-11(22)2/h10-11H,4-9H2,1-3H3,(H,19,24)/t11-/m1/s1. The lowest BCUT2D eigenvalue weighted by Gasteiger charge is -2.34. The van der Waals surface area contributed by atoms with E-state index in [2.05, 4.69) is 27.1 Å². The van der Waals surface area contributed by atoms with Crippen molar-refractivity contribution in [1.29, 1.82) is 0 Å². The molecular weight excluding hydrogens is 352 g/mol. The fourth-order valence-electron chi connectivity index (χ4n) is 3.34. The van der Waals surface area contributed by atoms with Crippen LogP contribution in [0.4, 0.5) is 5.82 Å². The maximum absolute atomic E-state index is 12.5. The molecule has 0 unspecified atom stereocenters. The van der Waals surface area contributed by atoms with Crippen LogP contribution in [0, 0.1) is 6.92 Å². The average molecular weight is 376 g/mol. The van der Waals surface area contributed by atoms with E-state index in [-0.39, 0.29) is 12.5 Å². The van der Waals surface area contributed by atoms with Gasteiger partial charge in [0.2, 0.25) is 0 Å². The topological polar surface area (TPSA) is 84.4 Å². The summed E-state index contributed by atoms with van der Waals surface area (Å²) in [6.45, 7) is 6.98. The minimum Gasteiger partial charge on any atom is -0.465 e. The molecule has 1 N–H and O–H groups in total. The van der Waals surface area contributed by atoms with Crippen molar-refractivity contribution in [3.05, 3.63) is 16.8 Å². The number of esters is 1. The van der Waals surface area contributed by atoms with E-state index in [4.69, 9.17) is 4.74 Å². The van der Waals surface area contributed by atoms with Gasteiger partial charge >= 0.3 is 5.97 Å². The largest absolute Gasteiger partial charge is 0.465 e. The van der Waals surface area contributed by atoms with Gasteiger partial charge in [0.25, 0.3) is 5.91 Å². The molecule has 0 aliphatic carbocycles. The Morgan fingerprint density at radius 1 is 1.38 bits per heavy atom. The van der Waals surface area contributed by atoms with Crippen LogP contribution in [0.1, 0.15) is 48.3 Å². The highest BCUT2D eigenvalue weighted by Crippen LogP contribution is 2.36. The number of fused-ring (bicyclic) bond motifs is 1. The predicted octanol–water partition coefficient (Wildman–Crippen LogP) is 2.67. The second kappa shape index (κ2) is 7.99. The number of rotatable bonds is 5. The van der Waals surface area contributed by atoms with Gasteiger partial charge < -0.3 is 15.0 Å². The maximum Gasteiger partial charge on any atom is 0.325 e. The fourth-order valence-corrected chi connectivity index (χ4v) is 4.40. The molecule has 140 valence electrons. The highest BCUT2D eigenvalue weighted by molar-refractivity contribution is 7.20. The van der Waals surface area contributed by atoms with Crippen molar-refractivity contribution in [1.82, 2.24) is 15.3 Å². The molecule has 0 radical (unpaired) electrons. The number of anilines is 1. The third-order valence-corrected chi connectivity index (χ3v) is 5.89. The quantitative estimate of drug-likeness (QED) is 0.808. The van der Waals surface area contributed by atoms with Gasteiger partial charge in [0.1, 0.15) is 23.5 Å². The van der Waals surface area contributed by atoms with E-state index in [1.807, 2.05) is 6.92 Å². The molecule has 26 heavy (non-hydrogen) atoms. The first-order valence-corrected chi connectivity index (χ1v) is 9.79. The van der Waals surface area contributed by atoms with Crippen molar-refractivity contribution < 1.29 is 14.3 Å². The Labute approximate surface area is 156 Å². The summed E-state index contributed by atoms with van der Waals surface area (Å²) in [7, 11) is 0. The highest BCUT2D eigenvalue weighted by atomic mass is 32.1. The number of piperidine rings is 1. The SMILES string of the molecule is CCOC(=O)CNC(=O)c1sc2ncnc(N3CCCC[C@H]3C)c2c1C. The number of nitrogens with zero attached hydrogens (tertiary/aromatic N) is 3. The van der Waals surface area contributed by atoms with Gasteiger partial charge in [-0.2, -0.15) is 0 Å². The van der Waals surface area contributed by atoms with Crippen molar-refractivity contribution in [2.45, 2.75) is 46.1 Å². The Hall–Kier alpha value is -2.22. The molecule has 8 heteroatoms. The molecule has 2 aromatic heterocycles. The van der Waals surface area contributed by atoms with Crippen LogP contribution in [0.2, 0.25) is 0 Å². The summed E-state index contributed by atoms with van der Waals surface area (Å²) in [6, 6.07) is 0.419. The van der Waals surface area contributed by atoms with Crippen LogP contribution in [0.15, 0.2) is 6.33 Å². The zero-order chi connectivity index (χ0) is 18.7. The van der Waals surface area contributed by atoms with Crippen LogP contribution in [-0.2, 0) is 9.53 Å². The number of ether oxygens (including phenoxy) is 1. The Bertz CT molecular complexity index is 820. The van der Waals surface area contributed by atoms with E-state index < -0.39 is 5.97 Å². The lowest BCUT2D eigenvalue weighted by Crippen LogP contribution is -2.38. The molecule has 3 heterocycles. The molecule has 0 saturated carbocycles. The second-order valence-electron chi connectivity index (χ2n) is 6.46. The normalized spacial score (nSPS) is 17.3. The maximum atomic E-state index is 12.5. The summed E-state index contributed by atoms with van der Waals surface area (Å²) in [4.78, 5) is 36.6. The number of thiophene rings is 1. The zero-order valence-corrected chi connectivity index (χ0v) is 16.2. The smallest absolute Gasteiger partial charge is 0.325 e. The number of hydrogen-bond donors (Lipinski definition) is 1. The second-order valence-corrected chi connectivity index (χ2v) is 7.46. The minimum absolute atomic E-state index is 0.137. The minimum atomic E-state index is -0.442. The fraction of sp³-hybridized carbons (Fsp3) is 0.556. The van der Waals surface area contributed by atoms with Gasteiger partial charge in [0.05, 0.1) is 16.9 Å². The third kappa shape index (κ3) is 3.65. The number of aromatic nitrogens is 2. The zero-order valence-electron chi connectivity index (χ0n) is 15.4. The van der Waals surface area contributed by atoms with Crippen LogP contribution < -0.4 is 10.2 Å². The molecule has 1 amide bonds. The van der Waals surface area contributed by atoms with E-state index in [1.54, 1.807) is 13.3 Å². The molecule has 1 fully saturated rings. The molecule has 2 aromatic rings. The first-order valence-electron chi connectivity index (χ1n) is 8.97. The Morgan fingerprint density at radius 3 is 2.92 bits per heavy atom. The van der Waals surface area contributed by atoms with E-state index in [9.17, 15) is 9.59 Å². The third-order valence-electron chi connectivity index (χ3n) is 4.69. The molecule has 7 nitrogen and oxygen atoms in total. The monoisotopic (exact) mass is 376 g/mol. The number of aryl methyl sites for hydroxylation is 1. The molecule has 0 spiro atoms. The first kappa shape index (κ1) is 18.6. The molecule has 3 rings (SSSR count). The summed E-state index contributed by atoms with van der Waals surface area (Å²) < 4.78 is 4.85. The van der Waals surface area contributed by atoms with Gasteiger partial charge in [0.15, 0.2) is 0 Å². The van der Waals surface area contributed by atoms with Gasteiger partial charge in [-0.1, -0.05) is 0 Å². The van der Waals surface area contributed by atoms with Crippen molar-refractivity contribution in [3.8, 4) is 0 Å². The first-order chi connectivity index (χ1) is 12.5. The number of carbonyl (C=O) groups excluding carboxylic acids is 2. The molecule has 0 bridgehead atoms. The summed E-state index contributed by atoms with van der Waals surface area (Å²) in [5.74, 6) is 0.179. The lowest BCUT2D eigenvalue weighted by atomic mass is 10.0. The van der Waals surface area contributed by atoms with Crippen LogP contribution in [-0.4, -0.2) is 47.6 Å². The summed E-state index contributed by atoms with van der Waals surface area (Å²) in [5.41, 5.74) is 0.861. The number of amides is 1. The molecule has 1 atom stereocenters. The molecule has 1 saturated heterocycles. The highest BCUT2D eigenvalue weighted by Gasteiger charge is 2.25. The van der Waals surface area contributed by atoms with Crippen LogP contribution in [0.25, 0.3) is 10.2 Å². The van der Waals surface area contributed by atoms with Crippen LogP contribution in [0.5, 0.6) is 0 Å². The van der Waals surface area contributed by atoms with Crippen LogP contribution in [0.3, 0.4) is 0 Å². The van der Waals surface area contributed by atoms with Gasteiger partial charge in [-0.15, -0.1) is 11.3 Å². The van der Waals surface area contributed by atoms with Crippen molar-refractivity contribution in [2.75, 3.05) is 24.6 Å². The van der Waals surface area contributed by atoms with Gasteiger partial charge in [0, 0.05) is 12.6 Å². The predicted molar refractivity (Wildman–Crippen MR) is 102 cm³/mol. The molecular formula is C18H24N4O3S. The van der Waals surface area contributed by atoms with Gasteiger partial charge in [-0.3, -0.25) is 9.59 Å². The summed E-state index contributed by atoms with van der Waals surface area (Å²) in [6.07, 6.45) is 5.08. The lowest BCUT2D eigenvalue weighted by molar-refractivity contribution is -0.141. The number of nitrogens with one attached hydrogen (secondary N) is 1. The molecule has 1 aliphatic rings. The Kier molecular flexibility index (Phi) is 5.70. The number of carbonyl (C=O) groups is 2. The Balaban J connectivity index is 1.89. The average Bonchev–Trinajstić information content (AvgIpc) is 2.98.